The minimum Gasteiger partial charge on any atom is -0.351 e. The molecule has 5 heteroatoms. The van der Waals surface area contributed by atoms with Crippen LogP contribution in [-0.2, 0) is 0 Å². The summed E-state index contributed by atoms with van der Waals surface area (Å²) in [4.78, 5) is 15.5. The molecule has 1 aromatic rings. The maximum Gasteiger partial charge on any atom is 0.254 e. The van der Waals surface area contributed by atoms with Crippen molar-refractivity contribution in [2.45, 2.75) is 32.6 Å². The summed E-state index contributed by atoms with van der Waals surface area (Å²) < 4.78 is 13.0. The Morgan fingerprint density at radius 1 is 1.61 bits per heavy atom. The van der Waals surface area contributed by atoms with Gasteiger partial charge in [-0.15, -0.1) is 0 Å². The predicted octanol–water partition coefficient (Wildman–Crippen LogP) is 3.18. The minimum atomic E-state index is -0.556. The van der Waals surface area contributed by atoms with Gasteiger partial charge in [0.05, 0.1) is 11.8 Å². The molecule has 0 aliphatic heterocycles. The van der Waals surface area contributed by atoms with Crippen LogP contribution in [0.25, 0.3) is 0 Å². The van der Waals surface area contributed by atoms with Crippen LogP contribution in [0, 0.1) is 11.2 Å². The molecule has 1 aliphatic rings. The number of hydrogen-bond acceptors (Lipinski definition) is 2. The Balaban J connectivity index is 1.98. The van der Waals surface area contributed by atoms with Crippen LogP contribution in [0.15, 0.2) is 12.3 Å². The second kappa shape index (κ2) is 5.22. The molecule has 1 aromatic heterocycles. The van der Waals surface area contributed by atoms with Crippen LogP contribution in [0.1, 0.15) is 43.0 Å². The van der Waals surface area contributed by atoms with Gasteiger partial charge in [0.15, 0.2) is 0 Å². The van der Waals surface area contributed by atoms with Gasteiger partial charge < -0.3 is 5.32 Å². The highest BCUT2D eigenvalue weighted by Crippen LogP contribution is 2.48. The Kier molecular flexibility index (Phi) is 3.85. The Bertz CT molecular complexity index is 460. The molecule has 0 bridgehead atoms. The molecule has 0 atom stereocenters. The standard InChI is InChI=1S/C13H16ClFN2O/c1-2-3-13(4-5-13)8-17-12(18)10-6-9(15)7-16-11(10)14/h6-7H,2-5,8H2,1H3,(H,17,18). The number of carbonyl (C=O) groups is 1. The van der Waals surface area contributed by atoms with Gasteiger partial charge in [-0.3, -0.25) is 4.79 Å². The lowest BCUT2D eigenvalue weighted by atomic mass is 10.0. The molecular weight excluding hydrogens is 255 g/mol. The van der Waals surface area contributed by atoms with E-state index in [2.05, 4.69) is 17.2 Å². The third kappa shape index (κ3) is 2.99. The maximum atomic E-state index is 13.0. The Hall–Kier alpha value is -1.16. The van der Waals surface area contributed by atoms with Gasteiger partial charge in [-0.2, -0.15) is 0 Å². The molecule has 1 heterocycles. The van der Waals surface area contributed by atoms with Crippen molar-refractivity contribution >= 4 is 17.5 Å². The molecular formula is C13H16ClFN2O. The van der Waals surface area contributed by atoms with Gasteiger partial charge in [-0.05, 0) is 30.7 Å². The first-order chi connectivity index (χ1) is 8.56. The average Bonchev–Trinajstić information content (AvgIpc) is 3.10. The summed E-state index contributed by atoms with van der Waals surface area (Å²) in [6.45, 7) is 2.77. The number of aromatic nitrogens is 1. The van der Waals surface area contributed by atoms with E-state index in [1.54, 1.807) is 0 Å². The SMILES string of the molecule is CCCC1(CNC(=O)c2cc(F)cnc2Cl)CC1. The molecule has 1 amide bonds. The summed E-state index contributed by atoms with van der Waals surface area (Å²) in [5.74, 6) is -0.909. The first-order valence-electron chi connectivity index (χ1n) is 6.15. The van der Waals surface area contributed by atoms with E-state index in [1.165, 1.54) is 0 Å². The van der Waals surface area contributed by atoms with Crippen molar-refractivity contribution in [2.75, 3.05) is 6.54 Å². The number of pyridine rings is 1. The summed E-state index contributed by atoms with van der Waals surface area (Å²) in [5.41, 5.74) is 0.362. The van der Waals surface area contributed by atoms with E-state index in [4.69, 9.17) is 11.6 Å². The second-order valence-electron chi connectivity index (χ2n) is 4.92. The van der Waals surface area contributed by atoms with E-state index < -0.39 is 5.82 Å². The van der Waals surface area contributed by atoms with Crippen LogP contribution < -0.4 is 5.32 Å². The number of amides is 1. The fourth-order valence-corrected chi connectivity index (χ4v) is 2.36. The van der Waals surface area contributed by atoms with Crippen molar-refractivity contribution in [1.82, 2.24) is 10.3 Å². The maximum absolute atomic E-state index is 13.0. The zero-order valence-corrected chi connectivity index (χ0v) is 11.1. The molecule has 0 radical (unpaired) electrons. The van der Waals surface area contributed by atoms with E-state index in [0.717, 1.165) is 37.9 Å². The predicted molar refractivity (Wildman–Crippen MR) is 68.1 cm³/mol. The number of carbonyl (C=O) groups excluding carboxylic acids is 1. The van der Waals surface area contributed by atoms with Crippen molar-refractivity contribution in [3.63, 3.8) is 0 Å². The van der Waals surface area contributed by atoms with Gasteiger partial charge in [0, 0.05) is 6.54 Å². The highest BCUT2D eigenvalue weighted by molar-refractivity contribution is 6.32. The number of rotatable bonds is 5. The summed E-state index contributed by atoms with van der Waals surface area (Å²) in [5, 5.41) is 2.86. The van der Waals surface area contributed by atoms with E-state index >= 15 is 0 Å². The molecule has 98 valence electrons. The molecule has 1 aliphatic carbocycles. The zero-order chi connectivity index (χ0) is 13.2. The highest BCUT2D eigenvalue weighted by atomic mass is 35.5. The summed E-state index contributed by atoms with van der Waals surface area (Å²) in [6, 6.07) is 1.12. The van der Waals surface area contributed by atoms with Gasteiger partial charge in [0.25, 0.3) is 5.91 Å². The first kappa shape index (κ1) is 13.3. The normalized spacial score (nSPS) is 16.4. The smallest absolute Gasteiger partial charge is 0.254 e. The topological polar surface area (TPSA) is 42.0 Å². The molecule has 18 heavy (non-hydrogen) atoms. The Labute approximate surface area is 111 Å². The lowest BCUT2D eigenvalue weighted by molar-refractivity contribution is 0.0943. The third-order valence-electron chi connectivity index (χ3n) is 3.41. The van der Waals surface area contributed by atoms with Crippen LogP contribution in [0.3, 0.4) is 0 Å². The lowest BCUT2D eigenvalue weighted by Gasteiger charge is -2.15. The van der Waals surface area contributed by atoms with E-state index in [-0.39, 0.29) is 22.0 Å². The average molecular weight is 271 g/mol. The molecule has 2 rings (SSSR count). The van der Waals surface area contributed by atoms with E-state index in [9.17, 15) is 9.18 Å². The fourth-order valence-electron chi connectivity index (χ4n) is 2.17. The lowest BCUT2D eigenvalue weighted by Crippen LogP contribution is -2.30. The van der Waals surface area contributed by atoms with Crippen molar-refractivity contribution in [2.24, 2.45) is 5.41 Å². The molecule has 3 nitrogen and oxygen atoms in total. The molecule has 1 N–H and O–H groups in total. The van der Waals surface area contributed by atoms with Gasteiger partial charge >= 0.3 is 0 Å². The van der Waals surface area contributed by atoms with Gasteiger partial charge in [0.2, 0.25) is 0 Å². The fraction of sp³-hybridized carbons (Fsp3) is 0.538. The molecule has 0 aromatic carbocycles. The quantitative estimate of drug-likeness (QED) is 0.835. The van der Waals surface area contributed by atoms with Crippen molar-refractivity contribution in [3.8, 4) is 0 Å². The van der Waals surface area contributed by atoms with Crippen LogP contribution in [0.2, 0.25) is 5.15 Å². The summed E-state index contributed by atoms with van der Waals surface area (Å²) in [7, 11) is 0. The van der Waals surface area contributed by atoms with Crippen molar-refractivity contribution in [3.05, 3.63) is 28.8 Å². The molecule has 1 fully saturated rings. The summed E-state index contributed by atoms with van der Waals surface area (Å²) >= 11 is 5.78. The number of nitrogens with zero attached hydrogens (tertiary/aromatic N) is 1. The number of hydrogen-bond donors (Lipinski definition) is 1. The van der Waals surface area contributed by atoms with Crippen molar-refractivity contribution < 1.29 is 9.18 Å². The Morgan fingerprint density at radius 2 is 2.33 bits per heavy atom. The summed E-state index contributed by atoms with van der Waals surface area (Å²) in [6.07, 6.45) is 5.52. The van der Waals surface area contributed by atoms with Crippen LogP contribution >= 0.6 is 11.6 Å². The van der Waals surface area contributed by atoms with E-state index in [1.807, 2.05) is 0 Å². The van der Waals surface area contributed by atoms with Gasteiger partial charge in [0.1, 0.15) is 11.0 Å². The molecule has 0 spiro atoms. The molecule has 1 saturated carbocycles. The molecule has 0 unspecified atom stereocenters. The van der Waals surface area contributed by atoms with Crippen LogP contribution in [0.4, 0.5) is 4.39 Å². The second-order valence-corrected chi connectivity index (χ2v) is 5.28. The Morgan fingerprint density at radius 3 is 2.94 bits per heavy atom. The van der Waals surface area contributed by atoms with E-state index in [0.29, 0.717) is 6.54 Å². The number of halogens is 2. The molecule has 0 saturated heterocycles. The van der Waals surface area contributed by atoms with Crippen LogP contribution in [0.5, 0.6) is 0 Å². The van der Waals surface area contributed by atoms with Gasteiger partial charge in [-0.1, -0.05) is 24.9 Å². The van der Waals surface area contributed by atoms with Crippen molar-refractivity contribution in [1.29, 1.82) is 0 Å². The van der Waals surface area contributed by atoms with Crippen LogP contribution in [-0.4, -0.2) is 17.4 Å². The minimum absolute atomic E-state index is 0.0363. The first-order valence-corrected chi connectivity index (χ1v) is 6.53. The largest absolute Gasteiger partial charge is 0.351 e. The number of nitrogens with one attached hydrogen (secondary N) is 1. The van der Waals surface area contributed by atoms with Gasteiger partial charge in [-0.25, -0.2) is 9.37 Å². The zero-order valence-electron chi connectivity index (χ0n) is 10.3. The highest BCUT2D eigenvalue weighted by Gasteiger charge is 2.41. The monoisotopic (exact) mass is 270 g/mol. The third-order valence-corrected chi connectivity index (χ3v) is 3.71.